The van der Waals surface area contributed by atoms with Crippen molar-refractivity contribution in [3.8, 4) is 0 Å². The molecule has 1 fully saturated rings. The number of hydrazine groups is 1. The molecule has 3 amide bonds. The number of anilines is 1. The van der Waals surface area contributed by atoms with Crippen molar-refractivity contribution in [3.63, 3.8) is 0 Å². The first kappa shape index (κ1) is 20.4. The number of nitrogens with one attached hydrogen (secondary N) is 3. The first-order valence-electron chi connectivity index (χ1n) is 9.15. The molecule has 1 unspecified atom stereocenters. The van der Waals surface area contributed by atoms with Crippen LogP contribution >= 0.6 is 0 Å². The van der Waals surface area contributed by atoms with Crippen LogP contribution < -0.4 is 16.2 Å². The molecule has 1 aliphatic carbocycles. The fourth-order valence-electron chi connectivity index (χ4n) is 3.18. The van der Waals surface area contributed by atoms with Crippen LogP contribution in [-0.4, -0.2) is 28.8 Å². The predicted octanol–water partition coefficient (Wildman–Crippen LogP) is 2.08. The van der Waals surface area contributed by atoms with Crippen molar-refractivity contribution < 1.29 is 24.3 Å². The lowest BCUT2D eigenvalue weighted by atomic mass is 9.79. The number of hydrogen-bond donors (Lipinski definition) is 4. The lowest BCUT2D eigenvalue weighted by molar-refractivity contribution is -0.149. The molecule has 2 rings (SSSR count). The van der Waals surface area contributed by atoms with Gasteiger partial charge in [-0.3, -0.25) is 30.0 Å². The third-order valence-electron chi connectivity index (χ3n) is 4.63. The van der Waals surface area contributed by atoms with Gasteiger partial charge in [0.25, 0.3) is 5.91 Å². The van der Waals surface area contributed by atoms with Gasteiger partial charge in [0.1, 0.15) is 0 Å². The summed E-state index contributed by atoms with van der Waals surface area (Å²) in [5, 5.41) is 12.0. The summed E-state index contributed by atoms with van der Waals surface area (Å²) in [5.74, 6) is -3.45. The first-order valence-corrected chi connectivity index (χ1v) is 9.15. The standard InChI is InChI=1S/C19H25N3O5/c1-2-5-16(23)20-13-10-8-12(9-11-13)17(24)21-22-18(25)14-6-3-4-7-15(14)19(26)27/h8-11,14-15H,2-7H2,1H3,(H,20,23)(H,21,24)(H,22,25)(H,26,27)/t14?,15-/m0/s1. The van der Waals surface area contributed by atoms with E-state index >= 15 is 0 Å². The molecule has 1 aromatic carbocycles. The van der Waals surface area contributed by atoms with Crippen LogP contribution in [0, 0.1) is 11.8 Å². The summed E-state index contributed by atoms with van der Waals surface area (Å²) in [6.07, 6.45) is 3.70. The zero-order chi connectivity index (χ0) is 19.8. The van der Waals surface area contributed by atoms with E-state index in [4.69, 9.17) is 0 Å². The summed E-state index contributed by atoms with van der Waals surface area (Å²) in [5.41, 5.74) is 5.54. The average Bonchev–Trinajstić information content (AvgIpc) is 2.66. The highest BCUT2D eigenvalue weighted by molar-refractivity contribution is 5.97. The highest BCUT2D eigenvalue weighted by Gasteiger charge is 2.35. The van der Waals surface area contributed by atoms with E-state index in [9.17, 15) is 24.3 Å². The van der Waals surface area contributed by atoms with E-state index in [-0.39, 0.29) is 5.91 Å². The van der Waals surface area contributed by atoms with Gasteiger partial charge in [0.05, 0.1) is 11.8 Å². The topological polar surface area (TPSA) is 125 Å². The lowest BCUT2D eigenvalue weighted by Gasteiger charge is -2.27. The third kappa shape index (κ3) is 5.80. The fraction of sp³-hybridized carbons (Fsp3) is 0.474. The molecule has 0 bridgehead atoms. The summed E-state index contributed by atoms with van der Waals surface area (Å²) in [7, 11) is 0. The van der Waals surface area contributed by atoms with E-state index in [1.54, 1.807) is 12.1 Å². The molecule has 27 heavy (non-hydrogen) atoms. The van der Waals surface area contributed by atoms with Crippen molar-refractivity contribution in [2.45, 2.75) is 45.4 Å². The number of carbonyl (C=O) groups is 4. The second-order valence-corrected chi connectivity index (χ2v) is 6.65. The van der Waals surface area contributed by atoms with E-state index in [0.29, 0.717) is 30.5 Å². The van der Waals surface area contributed by atoms with Gasteiger partial charge in [0, 0.05) is 17.7 Å². The Morgan fingerprint density at radius 3 is 2.22 bits per heavy atom. The molecule has 0 aromatic heterocycles. The normalized spacial score (nSPS) is 19.0. The van der Waals surface area contributed by atoms with Gasteiger partial charge in [-0.05, 0) is 43.5 Å². The quantitative estimate of drug-likeness (QED) is 0.567. The monoisotopic (exact) mass is 375 g/mol. The summed E-state index contributed by atoms with van der Waals surface area (Å²) in [4.78, 5) is 47.2. The highest BCUT2D eigenvalue weighted by atomic mass is 16.4. The second kappa shape index (κ2) is 9.70. The maximum atomic E-state index is 12.2. The summed E-state index contributed by atoms with van der Waals surface area (Å²) in [6.45, 7) is 1.91. The van der Waals surface area contributed by atoms with E-state index in [1.807, 2.05) is 6.92 Å². The number of carboxylic acids is 1. The highest BCUT2D eigenvalue weighted by Crippen LogP contribution is 2.30. The van der Waals surface area contributed by atoms with Crippen molar-refractivity contribution in [3.05, 3.63) is 29.8 Å². The molecule has 0 spiro atoms. The number of rotatable bonds is 6. The molecule has 146 valence electrons. The Labute approximate surface area is 157 Å². The molecule has 4 N–H and O–H groups in total. The molecule has 8 heteroatoms. The molecule has 0 saturated heterocycles. The van der Waals surface area contributed by atoms with E-state index in [2.05, 4.69) is 16.2 Å². The molecule has 0 heterocycles. The van der Waals surface area contributed by atoms with Crippen molar-refractivity contribution >= 4 is 29.4 Å². The molecule has 0 radical (unpaired) electrons. The minimum absolute atomic E-state index is 0.0950. The van der Waals surface area contributed by atoms with Crippen molar-refractivity contribution in [2.24, 2.45) is 11.8 Å². The Bertz CT molecular complexity index is 702. The van der Waals surface area contributed by atoms with Gasteiger partial charge >= 0.3 is 5.97 Å². The molecule has 1 aliphatic rings. The number of benzene rings is 1. The number of amides is 3. The van der Waals surface area contributed by atoms with Gasteiger partial charge in [-0.2, -0.15) is 0 Å². The molecule has 2 atom stereocenters. The minimum atomic E-state index is -0.984. The molecule has 1 aromatic rings. The number of carbonyl (C=O) groups excluding carboxylic acids is 3. The largest absolute Gasteiger partial charge is 0.481 e. The van der Waals surface area contributed by atoms with E-state index < -0.39 is 29.6 Å². The number of hydrogen-bond acceptors (Lipinski definition) is 4. The fourth-order valence-corrected chi connectivity index (χ4v) is 3.18. The molecular weight excluding hydrogens is 350 g/mol. The Morgan fingerprint density at radius 2 is 1.63 bits per heavy atom. The summed E-state index contributed by atoms with van der Waals surface area (Å²) >= 11 is 0. The van der Waals surface area contributed by atoms with Gasteiger partial charge in [0.15, 0.2) is 0 Å². The summed E-state index contributed by atoms with van der Waals surface area (Å²) in [6, 6.07) is 6.27. The van der Waals surface area contributed by atoms with Crippen LogP contribution in [0.5, 0.6) is 0 Å². The minimum Gasteiger partial charge on any atom is -0.481 e. The Hall–Kier alpha value is -2.90. The van der Waals surface area contributed by atoms with Crippen LogP contribution in [0.3, 0.4) is 0 Å². The summed E-state index contributed by atoms with van der Waals surface area (Å²) < 4.78 is 0. The Morgan fingerprint density at radius 1 is 1.00 bits per heavy atom. The van der Waals surface area contributed by atoms with Crippen LogP contribution in [0.15, 0.2) is 24.3 Å². The van der Waals surface area contributed by atoms with Crippen molar-refractivity contribution in [1.29, 1.82) is 0 Å². The van der Waals surface area contributed by atoms with Crippen LogP contribution in [0.4, 0.5) is 5.69 Å². The van der Waals surface area contributed by atoms with Gasteiger partial charge < -0.3 is 10.4 Å². The Balaban J connectivity index is 1.88. The maximum absolute atomic E-state index is 12.2. The molecular formula is C19H25N3O5. The lowest BCUT2D eigenvalue weighted by Crippen LogP contribution is -2.47. The predicted molar refractivity (Wildman–Crippen MR) is 98.7 cm³/mol. The first-order chi connectivity index (χ1) is 12.9. The van der Waals surface area contributed by atoms with Crippen LogP contribution in [0.1, 0.15) is 55.8 Å². The maximum Gasteiger partial charge on any atom is 0.307 e. The number of aliphatic carboxylic acids is 1. The zero-order valence-electron chi connectivity index (χ0n) is 15.3. The van der Waals surface area contributed by atoms with Crippen molar-refractivity contribution in [1.82, 2.24) is 10.9 Å². The zero-order valence-corrected chi connectivity index (χ0v) is 15.3. The van der Waals surface area contributed by atoms with Gasteiger partial charge in [-0.1, -0.05) is 19.8 Å². The average molecular weight is 375 g/mol. The molecule has 1 saturated carbocycles. The van der Waals surface area contributed by atoms with Crippen LogP contribution in [0.2, 0.25) is 0 Å². The molecule has 0 aliphatic heterocycles. The van der Waals surface area contributed by atoms with Gasteiger partial charge in [0.2, 0.25) is 11.8 Å². The number of carboxylic acid groups (broad SMARTS) is 1. The SMILES string of the molecule is CCCC(=O)Nc1ccc(C(=O)NNC(=O)C2CCCC[C@@H]2C(=O)O)cc1. The van der Waals surface area contributed by atoms with Gasteiger partial charge in [-0.15, -0.1) is 0 Å². The van der Waals surface area contributed by atoms with Crippen LogP contribution in [-0.2, 0) is 14.4 Å². The Kier molecular flexibility index (Phi) is 7.34. The molecule has 8 nitrogen and oxygen atoms in total. The van der Waals surface area contributed by atoms with Gasteiger partial charge in [-0.25, -0.2) is 0 Å². The second-order valence-electron chi connectivity index (χ2n) is 6.65. The van der Waals surface area contributed by atoms with E-state index in [1.165, 1.54) is 12.1 Å². The van der Waals surface area contributed by atoms with Crippen molar-refractivity contribution in [2.75, 3.05) is 5.32 Å². The smallest absolute Gasteiger partial charge is 0.307 e. The van der Waals surface area contributed by atoms with Crippen LogP contribution in [0.25, 0.3) is 0 Å². The van der Waals surface area contributed by atoms with E-state index in [0.717, 1.165) is 19.3 Å². The third-order valence-corrected chi connectivity index (χ3v) is 4.63.